The molecule has 3 N–H and O–H groups in total. The van der Waals surface area contributed by atoms with Crippen molar-refractivity contribution in [2.24, 2.45) is 11.7 Å². The van der Waals surface area contributed by atoms with Gasteiger partial charge in [-0.15, -0.1) is 0 Å². The molecular formula is C17H24ClN3O. The van der Waals surface area contributed by atoms with Crippen LogP contribution in [0.25, 0.3) is 0 Å². The van der Waals surface area contributed by atoms with Crippen LogP contribution in [0.4, 0.5) is 0 Å². The Morgan fingerprint density at radius 3 is 2.77 bits per heavy atom. The fraction of sp³-hybridized carbons (Fsp3) is 0.588. The summed E-state index contributed by atoms with van der Waals surface area (Å²) in [6.07, 6.45) is 3.33. The van der Waals surface area contributed by atoms with Crippen molar-refractivity contribution >= 4 is 17.5 Å². The molecule has 5 heteroatoms. The van der Waals surface area contributed by atoms with Gasteiger partial charge in [-0.3, -0.25) is 9.69 Å². The summed E-state index contributed by atoms with van der Waals surface area (Å²) in [5, 5.41) is 3.74. The lowest BCUT2D eigenvalue weighted by molar-refractivity contribution is -0.129. The molecule has 2 heterocycles. The van der Waals surface area contributed by atoms with Crippen LogP contribution in [0.3, 0.4) is 0 Å². The first-order chi connectivity index (χ1) is 10.6. The van der Waals surface area contributed by atoms with Crippen LogP contribution in [-0.4, -0.2) is 43.0 Å². The van der Waals surface area contributed by atoms with Crippen molar-refractivity contribution in [3.05, 3.63) is 34.9 Å². The lowest BCUT2D eigenvalue weighted by Gasteiger charge is -2.42. The molecule has 3 rings (SSSR count). The highest BCUT2D eigenvalue weighted by molar-refractivity contribution is 6.30. The van der Waals surface area contributed by atoms with Crippen LogP contribution in [0, 0.1) is 5.92 Å². The number of amides is 1. The van der Waals surface area contributed by atoms with Crippen molar-refractivity contribution in [2.75, 3.05) is 20.1 Å². The number of fused-ring (bicyclic) bond motifs is 2. The molecule has 0 saturated carbocycles. The van der Waals surface area contributed by atoms with Gasteiger partial charge >= 0.3 is 0 Å². The number of carbonyl (C=O) groups is 1. The van der Waals surface area contributed by atoms with Crippen LogP contribution in [0.2, 0.25) is 5.02 Å². The highest BCUT2D eigenvalue weighted by Crippen LogP contribution is 2.46. The molecule has 2 bridgehead atoms. The standard InChI is InChI=1S/C17H24ClN3O/c1-21-13-6-7-15(21)16(17(22)20-9-8-19)14(10-13)11-2-4-12(18)5-3-11/h2-5,13-16H,6-10,19H2,1H3,(H,20,22)/t13-,14?,15?,16+/m1/s1. The number of benzene rings is 1. The van der Waals surface area contributed by atoms with Crippen LogP contribution in [0.15, 0.2) is 24.3 Å². The van der Waals surface area contributed by atoms with Crippen molar-refractivity contribution in [3.8, 4) is 0 Å². The maximum absolute atomic E-state index is 12.7. The van der Waals surface area contributed by atoms with E-state index >= 15 is 0 Å². The first kappa shape index (κ1) is 15.8. The topological polar surface area (TPSA) is 58.4 Å². The summed E-state index contributed by atoms with van der Waals surface area (Å²) in [5.41, 5.74) is 6.76. The molecule has 1 aromatic rings. The molecule has 2 aliphatic heterocycles. The van der Waals surface area contributed by atoms with E-state index in [2.05, 4.69) is 29.4 Å². The highest BCUT2D eigenvalue weighted by atomic mass is 35.5. The zero-order chi connectivity index (χ0) is 15.7. The molecule has 2 fully saturated rings. The third-order valence-electron chi connectivity index (χ3n) is 5.31. The van der Waals surface area contributed by atoms with Crippen LogP contribution in [-0.2, 0) is 4.79 Å². The quantitative estimate of drug-likeness (QED) is 0.891. The minimum atomic E-state index is -0.00326. The van der Waals surface area contributed by atoms with Crippen molar-refractivity contribution in [1.29, 1.82) is 0 Å². The third kappa shape index (κ3) is 2.87. The molecule has 4 atom stereocenters. The van der Waals surface area contributed by atoms with E-state index in [9.17, 15) is 4.79 Å². The summed E-state index contributed by atoms with van der Waals surface area (Å²) < 4.78 is 0. The second-order valence-electron chi connectivity index (χ2n) is 6.46. The summed E-state index contributed by atoms with van der Waals surface area (Å²) in [7, 11) is 2.16. The van der Waals surface area contributed by atoms with Gasteiger partial charge in [0.05, 0.1) is 5.92 Å². The molecule has 2 unspecified atom stereocenters. The fourth-order valence-corrected chi connectivity index (χ4v) is 4.32. The molecule has 0 aromatic heterocycles. The number of hydrogen-bond acceptors (Lipinski definition) is 3. The Morgan fingerprint density at radius 1 is 1.36 bits per heavy atom. The third-order valence-corrected chi connectivity index (χ3v) is 5.57. The van der Waals surface area contributed by atoms with Crippen LogP contribution in [0.5, 0.6) is 0 Å². The number of nitrogens with zero attached hydrogens (tertiary/aromatic N) is 1. The summed E-state index contributed by atoms with van der Waals surface area (Å²) in [6, 6.07) is 8.90. The molecule has 0 spiro atoms. The Kier molecular flexibility index (Phi) is 4.71. The van der Waals surface area contributed by atoms with E-state index in [0.29, 0.717) is 25.2 Å². The maximum Gasteiger partial charge on any atom is 0.225 e. The molecule has 0 radical (unpaired) electrons. The first-order valence-electron chi connectivity index (χ1n) is 8.07. The smallest absolute Gasteiger partial charge is 0.225 e. The van der Waals surface area contributed by atoms with Gasteiger partial charge in [0.25, 0.3) is 0 Å². The van der Waals surface area contributed by atoms with E-state index in [-0.39, 0.29) is 17.7 Å². The number of hydrogen-bond donors (Lipinski definition) is 2. The number of piperidine rings is 1. The number of carbonyl (C=O) groups excluding carboxylic acids is 1. The van der Waals surface area contributed by atoms with Crippen molar-refractivity contribution < 1.29 is 4.79 Å². The predicted molar refractivity (Wildman–Crippen MR) is 88.9 cm³/mol. The van der Waals surface area contributed by atoms with Crippen LogP contribution in [0.1, 0.15) is 30.7 Å². The zero-order valence-corrected chi connectivity index (χ0v) is 13.7. The Morgan fingerprint density at radius 2 is 2.09 bits per heavy atom. The lowest BCUT2D eigenvalue weighted by Crippen LogP contribution is -2.52. The first-order valence-corrected chi connectivity index (χ1v) is 8.44. The Labute approximate surface area is 137 Å². The second kappa shape index (κ2) is 6.57. The van der Waals surface area contributed by atoms with Crippen molar-refractivity contribution in [1.82, 2.24) is 10.2 Å². The van der Waals surface area contributed by atoms with E-state index in [1.54, 1.807) is 0 Å². The van der Waals surface area contributed by atoms with Crippen LogP contribution >= 0.6 is 11.6 Å². The van der Waals surface area contributed by atoms with Gasteiger partial charge in [0.2, 0.25) is 5.91 Å². The zero-order valence-electron chi connectivity index (χ0n) is 13.0. The Bertz CT molecular complexity index is 533. The molecule has 1 amide bonds. The molecule has 0 aliphatic carbocycles. The van der Waals surface area contributed by atoms with E-state index in [1.807, 2.05) is 12.1 Å². The molecule has 22 heavy (non-hydrogen) atoms. The minimum absolute atomic E-state index is 0.00326. The number of nitrogens with one attached hydrogen (secondary N) is 1. The maximum atomic E-state index is 12.7. The van der Waals surface area contributed by atoms with Gasteiger partial charge in [-0.25, -0.2) is 0 Å². The molecule has 2 saturated heterocycles. The van der Waals surface area contributed by atoms with E-state index < -0.39 is 0 Å². The highest BCUT2D eigenvalue weighted by Gasteiger charge is 2.48. The number of halogens is 1. The van der Waals surface area contributed by atoms with Gasteiger partial charge in [-0.2, -0.15) is 0 Å². The van der Waals surface area contributed by atoms with E-state index in [0.717, 1.165) is 17.9 Å². The molecule has 4 nitrogen and oxygen atoms in total. The Balaban J connectivity index is 1.88. The van der Waals surface area contributed by atoms with Gasteiger partial charge in [0.15, 0.2) is 0 Å². The molecule has 1 aromatic carbocycles. The van der Waals surface area contributed by atoms with Gasteiger partial charge in [0.1, 0.15) is 0 Å². The summed E-state index contributed by atoms with van der Waals surface area (Å²) >= 11 is 6.01. The van der Waals surface area contributed by atoms with E-state index in [4.69, 9.17) is 17.3 Å². The normalized spacial score (nSPS) is 31.2. The SMILES string of the molecule is CN1C2CC[C@@H]1CC(c1ccc(Cl)cc1)[C@@H]2C(=O)NCCN. The van der Waals surface area contributed by atoms with Gasteiger partial charge in [0, 0.05) is 30.2 Å². The predicted octanol–water partition coefficient (Wildman–Crippen LogP) is 1.98. The number of rotatable bonds is 4. The summed E-state index contributed by atoms with van der Waals surface area (Å²) in [4.78, 5) is 15.1. The van der Waals surface area contributed by atoms with Gasteiger partial charge in [-0.05, 0) is 49.9 Å². The minimum Gasteiger partial charge on any atom is -0.355 e. The van der Waals surface area contributed by atoms with E-state index in [1.165, 1.54) is 12.0 Å². The second-order valence-corrected chi connectivity index (χ2v) is 6.90. The van der Waals surface area contributed by atoms with Gasteiger partial charge in [-0.1, -0.05) is 23.7 Å². The average Bonchev–Trinajstić information content (AvgIpc) is 2.75. The largest absolute Gasteiger partial charge is 0.355 e. The summed E-state index contributed by atoms with van der Waals surface area (Å²) in [5.74, 6) is 0.405. The number of nitrogens with two attached hydrogens (primary N) is 1. The lowest BCUT2D eigenvalue weighted by atomic mass is 9.75. The average molecular weight is 322 g/mol. The van der Waals surface area contributed by atoms with Crippen LogP contribution < -0.4 is 11.1 Å². The van der Waals surface area contributed by atoms with Crippen molar-refractivity contribution in [2.45, 2.75) is 37.3 Å². The molecule has 2 aliphatic rings. The Hall–Kier alpha value is -1.10. The fourth-order valence-electron chi connectivity index (χ4n) is 4.19. The molecular weight excluding hydrogens is 298 g/mol. The monoisotopic (exact) mass is 321 g/mol. The van der Waals surface area contributed by atoms with Crippen molar-refractivity contribution in [3.63, 3.8) is 0 Å². The molecule has 120 valence electrons. The summed E-state index contributed by atoms with van der Waals surface area (Å²) in [6.45, 7) is 1.02. The van der Waals surface area contributed by atoms with Gasteiger partial charge < -0.3 is 11.1 Å².